The zero-order valence-corrected chi connectivity index (χ0v) is 15.7. The van der Waals surface area contributed by atoms with Crippen LogP contribution in [0.2, 0.25) is 0 Å². The highest BCUT2D eigenvalue weighted by atomic mass is 16.5. The normalized spacial score (nSPS) is 11.4. The Hall–Kier alpha value is -0.690. The summed E-state index contributed by atoms with van der Waals surface area (Å²) >= 11 is 0. The van der Waals surface area contributed by atoms with Crippen LogP contribution >= 0.6 is 0 Å². The Bertz CT molecular complexity index is 288. The molecule has 0 rings (SSSR count). The zero-order valence-electron chi connectivity index (χ0n) is 15.7. The average Bonchev–Trinajstić information content (AvgIpc) is 2.52. The van der Waals surface area contributed by atoms with Crippen LogP contribution in [-0.2, 0) is 19.0 Å². The Kier molecular flexibility index (Phi) is 14.4. The van der Waals surface area contributed by atoms with Crippen LogP contribution in [0, 0.1) is 0 Å². The highest BCUT2D eigenvalue weighted by molar-refractivity contribution is 5.75. The fraction of sp³-hybridized carbons (Fsp3) is 0.941. The molecule has 0 bridgehead atoms. The van der Waals surface area contributed by atoms with Gasteiger partial charge in [0.1, 0.15) is 0 Å². The zero-order chi connectivity index (χ0) is 17.5. The Labute approximate surface area is 142 Å². The smallest absolute Gasteiger partial charge is 0.222 e. The molecule has 0 fully saturated rings. The van der Waals surface area contributed by atoms with E-state index in [9.17, 15) is 4.79 Å². The van der Waals surface area contributed by atoms with E-state index in [1.54, 1.807) is 4.90 Å². The Morgan fingerprint density at radius 3 is 1.83 bits per heavy atom. The van der Waals surface area contributed by atoms with Crippen molar-refractivity contribution < 1.29 is 19.0 Å². The predicted molar refractivity (Wildman–Crippen MR) is 92.8 cm³/mol. The lowest BCUT2D eigenvalue weighted by Gasteiger charge is -2.20. The maximum atomic E-state index is 11.5. The summed E-state index contributed by atoms with van der Waals surface area (Å²) < 4.78 is 16.4. The lowest BCUT2D eigenvalue weighted by molar-refractivity contribution is -0.130. The van der Waals surface area contributed by atoms with Crippen molar-refractivity contribution in [2.24, 2.45) is 0 Å². The van der Waals surface area contributed by atoms with Gasteiger partial charge >= 0.3 is 0 Å². The van der Waals surface area contributed by atoms with Gasteiger partial charge in [-0.15, -0.1) is 0 Å². The molecule has 0 N–H and O–H groups in total. The van der Waals surface area contributed by atoms with Crippen molar-refractivity contribution in [3.8, 4) is 0 Å². The average molecular weight is 332 g/mol. The SMILES string of the molecule is CCCC(=O)N(C)CCOCCOCCOCCN(C)C(C)C. The van der Waals surface area contributed by atoms with Crippen LogP contribution in [0.1, 0.15) is 33.6 Å². The van der Waals surface area contributed by atoms with E-state index >= 15 is 0 Å². The summed E-state index contributed by atoms with van der Waals surface area (Å²) in [5, 5.41) is 0. The number of hydrogen-bond donors (Lipinski definition) is 0. The molecule has 0 aromatic carbocycles. The van der Waals surface area contributed by atoms with Crippen LogP contribution in [0.3, 0.4) is 0 Å². The topological polar surface area (TPSA) is 51.2 Å². The van der Waals surface area contributed by atoms with Crippen LogP contribution in [0.4, 0.5) is 0 Å². The lowest BCUT2D eigenvalue weighted by Crippen LogP contribution is -2.30. The molecule has 6 nitrogen and oxygen atoms in total. The standard InChI is InChI=1S/C17H36N2O4/c1-6-7-17(20)19(5)9-11-22-13-15-23-14-12-21-10-8-18(4)16(2)3/h16H,6-15H2,1-5H3. The van der Waals surface area contributed by atoms with Crippen LogP contribution < -0.4 is 0 Å². The molecule has 0 saturated heterocycles. The highest BCUT2D eigenvalue weighted by Gasteiger charge is 2.06. The molecule has 0 aromatic heterocycles. The molecular formula is C17H36N2O4. The second-order valence-corrected chi connectivity index (χ2v) is 5.98. The Morgan fingerprint density at radius 1 is 0.870 bits per heavy atom. The third-order valence-corrected chi connectivity index (χ3v) is 3.67. The summed E-state index contributed by atoms with van der Waals surface area (Å²) in [6, 6.07) is 0.545. The quantitative estimate of drug-likeness (QED) is 0.427. The van der Waals surface area contributed by atoms with Crippen molar-refractivity contribution in [3.63, 3.8) is 0 Å². The molecule has 0 atom stereocenters. The lowest BCUT2D eigenvalue weighted by atomic mass is 10.3. The van der Waals surface area contributed by atoms with Crippen LogP contribution in [-0.4, -0.2) is 88.6 Å². The Morgan fingerprint density at radius 2 is 1.35 bits per heavy atom. The second-order valence-electron chi connectivity index (χ2n) is 5.98. The van der Waals surface area contributed by atoms with Gasteiger partial charge in [0.25, 0.3) is 0 Å². The van der Waals surface area contributed by atoms with E-state index in [1.165, 1.54) is 0 Å². The highest BCUT2D eigenvalue weighted by Crippen LogP contribution is 1.94. The van der Waals surface area contributed by atoms with Gasteiger partial charge < -0.3 is 24.0 Å². The van der Waals surface area contributed by atoms with E-state index in [0.29, 0.717) is 52.0 Å². The van der Waals surface area contributed by atoms with Crippen LogP contribution in [0.5, 0.6) is 0 Å². The molecule has 1 amide bonds. The molecule has 23 heavy (non-hydrogen) atoms. The van der Waals surface area contributed by atoms with E-state index in [2.05, 4.69) is 25.8 Å². The van der Waals surface area contributed by atoms with E-state index in [4.69, 9.17) is 14.2 Å². The minimum absolute atomic E-state index is 0.174. The van der Waals surface area contributed by atoms with Gasteiger partial charge in [-0.25, -0.2) is 0 Å². The monoisotopic (exact) mass is 332 g/mol. The maximum absolute atomic E-state index is 11.5. The van der Waals surface area contributed by atoms with Gasteiger partial charge in [-0.05, 0) is 27.3 Å². The third-order valence-electron chi connectivity index (χ3n) is 3.67. The van der Waals surface area contributed by atoms with Gasteiger partial charge in [-0.2, -0.15) is 0 Å². The van der Waals surface area contributed by atoms with Gasteiger partial charge in [0.15, 0.2) is 0 Å². The molecule has 0 spiro atoms. The molecule has 138 valence electrons. The predicted octanol–water partition coefficient (Wildman–Crippen LogP) is 1.63. The molecule has 0 heterocycles. The van der Waals surface area contributed by atoms with E-state index in [1.807, 2.05) is 14.0 Å². The second kappa shape index (κ2) is 14.9. The molecule has 0 aliphatic heterocycles. The molecule has 0 aromatic rings. The first-order valence-corrected chi connectivity index (χ1v) is 8.66. The van der Waals surface area contributed by atoms with Gasteiger partial charge in [-0.3, -0.25) is 4.79 Å². The molecule has 6 heteroatoms. The van der Waals surface area contributed by atoms with Gasteiger partial charge in [0, 0.05) is 32.6 Å². The number of likely N-dealkylation sites (N-methyl/N-ethyl adjacent to an activating group) is 2. The summed E-state index contributed by atoms with van der Waals surface area (Å²) in [6.45, 7) is 11.5. The molecule has 0 unspecified atom stereocenters. The fourth-order valence-corrected chi connectivity index (χ4v) is 1.74. The minimum Gasteiger partial charge on any atom is -0.378 e. The molecule has 0 aliphatic carbocycles. The first-order chi connectivity index (χ1) is 11.0. The Balaban J connectivity index is 3.26. The van der Waals surface area contributed by atoms with Crippen molar-refractivity contribution in [2.45, 2.75) is 39.7 Å². The van der Waals surface area contributed by atoms with E-state index in [0.717, 1.165) is 19.6 Å². The first kappa shape index (κ1) is 22.3. The summed E-state index contributed by atoms with van der Waals surface area (Å²) in [5.74, 6) is 0.174. The number of carbonyl (C=O) groups excluding carboxylic acids is 1. The number of carbonyl (C=O) groups is 1. The number of nitrogens with zero attached hydrogens (tertiary/aromatic N) is 2. The van der Waals surface area contributed by atoms with Crippen molar-refractivity contribution in [2.75, 3.05) is 66.8 Å². The van der Waals surface area contributed by atoms with Crippen molar-refractivity contribution in [1.82, 2.24) is 9.80 Å². The van der Waals surface area contributed by atoms with Crippen LogP contribution in [0.15, 0.2) is 0 Å². The largest absolute Gasteiger partial charge is 0.378 e. The fourth-order valence-electron chi connectivity index (χ4n) is 1.74. The summed E-state index contributed by atoms with van der Waals surface area (Å²) in [4.78, 5) is 15.5. The summed E-state index contributed by atoms with van der Waals surface area (Å²) in [6.07, 6.45) is 1.49. The van der Waals surface area contributed by atoms with Crippen molar-refractivity contribution >= 4 is 5.91 Å². The van der Waals surface area contributed by atoms with E-state index in [-0.39, 0.29) is 5.91 Å². The minimum atomic E-state index is 0.174. The summed E-state index contributed by atoms with van der Waals surface area (Å²) in [5.41, 5.74) is 0. The maximum Gasteiger partial charge on any atom is 0.222 e. The third kappa shape index (κ3) is 13.4. The molecule has 0 saturated carbocycles. The van der Waals surface area contributed by atoms with E-state index < -0.39 is 0 Å². The van der Waals surface area contributed by atoms with Gasteiger partial charge in [0.2, 0.25) is 5.91 Å². The number of rotatable bonds is 15. The molecule has 0 radical (unpaired) electrons. The first-order valence-electron chi connectivity index (χ1n) is 8.66. The van der Waals surface area contributed by atoms with Gasteiger partial charge in [-0.1, -0.05) is 6.92 Å². The molecule has 0 aliphatic rings. The molecular weight excluding hydrogens is 296 g/mol. The van der Waals surface area contributed by atoms with Crippen molar-refractivity contribution in [3.05, 3.63) is 0 Å². The van der Waals surface area contributed by atoms with Crippen molar-refractivity contribution in [1.29, 1.82) is 0 Å². The summed E-state index contributed by atoms with van der Waals surface area (Å²) in [7, 11) is 3.90. The number of amides is 1. The van der Waals surface area contributed by atoms with Crippen LogP contribution in [0.25, 0.3) is 0 Å². The van der Waals surface area contributed by atoms with Gasteiger partial charge in [0.05, 0.1) is 39.6 Å². The number of ether oxygens (including phenoxy) is 3. The number of hydrogen-bond acceptors (Lipinski definition) is 5.